The third kappa shape index (κ3) is 3.84. The third-order valence-corrected chi connectivity index (χ3v) is 3.59. The van der Waals surface area contributed by atoms with Crippen LogP contribution in [-0.2, 0) is 11.3 Å². The van der Waals surface area contributed by atoms with Crippen LogP contribution in [-0.4, -0.2) is 34.6 Å². The summed E-state index contributed by atoms with van der Waals surface area (Å²) in [6.07, 6.45) is 8.27. The molecule has 18 heavy (non-hydrogen) atoms. The first-order valence-electron chi connectivity index (χ1n) is 6.71. The maximum Gasteiger partial charge on any atom is 0.222 e. The molecule has 1 amide bonds. The van der Waals surface area contributed by atoms with Gasteiger partial charge in [0, 0.05) is 31.4 Å². The van der Waals surface area contributed by atoms with Crippen molar-refractivity contribution in [2.45, 2.75) is 38.8 Å². The van der Waals surface area contributed by atoms with Gasteiger partial charge in [0.2, 0.25) is 5.91 Å². The zero-order chi connectivity index (χ0) is 12.8. The van der Waals surface area contributed by atoms with Crippen LogP contribution < -0.4 is 10.6 Å². The number of carbonyl (C=O) groups is 1. The Morgan fingerprint density at radius 2 is 2.56 bits per heavy atom. The molecule has 1 aliphatic heterocycles. The zero-order valence-corrected chi connectivity index (χ0v) is 10.9. The van der Waals surface area contributed by atoms with Crippen LogP contribution in [0.25, 0.3) is 0 Å². The number of imidazole rings is 1. The van der Waals surface area contributed by atoms with Crippen LogP contribution in [0, 0.1) is 5.92 Å². The van der Waals surface area contributed by atoms with Gasteiger partial charge >= 0.3 is 0 Å². The second kappa shape index (κ2) is 6.54. The van der Waals surface area contributed by atoms with Gasteiger partial charge in [-0.1, -0.05) is 0 Å². The summed E-state index contributed by atoms with van der Waals surface area (Å²) in [7, 11) is 0. The Labute approximate surface area is 108 Å². The topological polar surface area (TPSA) is 59.0 Å². The van der Waals surface area contributed by atoms with Gasteiger partial charge in [0.05, 0.1) is 6.33 Å². The summed E-state index contributed by atoms with van der Waals surface area (Å²) in [4.78, 5) is 15.8. The molecule has 2 atom stereocenters. The molecule has 0 radical (unpaired) electrons. The van der Waals surface area contributed by atoms with E-state index in [0.717, 1.165) is 13.1 Å². The molecule has 1 aliphatic rings. The summed E-state index contributed by atoms with van der Waals surface area (Å²) in [5.74, 6) is 0.692. The third-order valence-electron chi connectivity index (χ3n) is 3.59. The van der Waals surface area contributed by atoms with E-state index in [2.05, 4.69) is 22.5 Å². The molecule has 2 N–H and O–H groups in total. The van der Waals surface area contributed by atoms with Gasteiger partial charge < -0.3 is 15.2 Å². The summed E-state index contributed by atoms with van der Waals surface area (Å²) in [5, 5.41) is 6.48. The van der Waals surface area contributed by atoms with E-state index in [9.17, 15) is 4.79 Å². The van der Waals surface area contributed by atoms with Gasteiger partial charge in [-0.25, -0.2) is 4.98 Å². The lowest BCUT2D eigenvalue weighted by atomic mass is 9.93. The van der Waals surface area contributed by atoms with Gasteiger partial charge in [-0.3, -0.25) is 4.79 Å². The Bertz CT molecular complexity index is 357. The molecule has 1 fully saturated rings. The predicted molar refractivity (Wildman–Crippen MR) is 70.0 cm³/mol. The minimum atomic E-state index is 0.127. The Morgan fingerprint density at radius 1 is 1.67 bits per heavy atom. The summed E-state index contributed by atoms with van der Waals surface area (Å²) >= 11 is 0. The lowest BCUT2D eigenvalue weighted by Gasteiger charge is -2.28. The first-order valence-corrected chi connectivity index (χ1v) is 6.71. The molecule has 5 nitrogen and oxygen atoms in total. The molecule has 0 aromatic carbocycles. The van der Waals surface area contributed by atoms with Gasteiger partial charge in [-0.2, -0.15) is 0 Å². The normalized spacial score (nSPS) is 21.5. The van der Waals surface area contributed by atoms with Crippen LogP contribution in [0.1, 0.15) is 26.2 Å². The minimum absolute atomic E-state index is 0.127. The van der Waals surface area contributed by atoms with E-state index in [0.29, 0.717) is 18.9 Å². The number of rotatable bonds is 5. The number of aryl methyl sites for hydroxylation is 1. The van der Waals surface area contributed by atoms with E-state index in [1.54, 1.807) is 12.5 Å². The number of amides is 1. The monoisotopic (exact) mass is 250 g/mol. The largest absolute Gasteiger partial charge is 0.353 e. The maximum atomic E-state index is 11.8. The van der Waals surface area contributed by atoms with Crippen molar-refractivity contribution in [1.82, 2.24) is 20.2 Å². The second-order valence-corrected chi connectivity index (χ2v) is 5.01. The fourth-order valence-electron chi connectivity index (χ4n) is 2.40. The standard InChI is InChI=1S/C13H22N4O/c1-11(12-3-2-5-14-9-12)16-13(18)4-7-17-8-6-15-10-17/h6,8,10-12,14H,2-5,7,9H2,1H3,(H,16,18). The van der Waals surface area contributed by atoms with Crippen LogP contribution in [0.4, 0.5) is 0 Å². The summed E-state index contributed by atoms with van der Waals surface area (Å²) in [5.41, 5.74) is 0. The fraction of sp³-hybridized carbons (Fsp3) is 0.692. The van der Waals surface area contributed by atoms with Crippen LogP contribution in [0.15, 0.2) is 18.7 Å². The lowest BCUT2D eigenvalue weighted by molar-refractivity contribution is -0.122. The molecular weight excluding hydrogens is 228 g/mol. The van der Waals surface area contributed by atoms with Crippen molar-refractivity contribution in [1.29, 1.82) is 0 Å². The number of hydrogen-bond donors (Lipinski definition) is 2. The Morgan fingerprint density at radius 3 is 3.22 bits per heavy atom. The van der Waals surface area contributed by atoms with Crippen molar-refractivity contribution in [3.05, 3.63) is 18.7 Å². The van der Waals surface area contributed by atoms with Crippen molar-refractivity contribution in [3.63, 3.8) is 0 Å². The highest BCUT2D eigenvalue weighted by Crippen LogP contribution is 2.14. The average molecular weight is 250 g/mol. The number of aromatic nitrogens is 2. The number of nitrogens with one attached hydrogen (secondary N) is 2. The fourth-order valence-corrected chi connectivity index (χ4v) is 2.40. The molecule has 1 aromatic rings. The SMILES string of the molecule is CC(NC(=O)CCn1ccnc1)C1CCCNC1. The summed E-state index contributed by atoms with van der Waals surface area (Å²) < 4.78 is 1.92. The molecule has 0 bridgehead atoms. The van der Waals surface area contributed by atoms with Crippen molar-refractivity contribution in [2.75, 3.05) is 13.1 Å². The molecule has 0 aliphatic carbocycles. The molecule has 100 valence electrons. The molecule has 0 saturated carbocycles. The summed E-state index contributed by atoms with van der Waals surface area (Å²) in [6, 6.07) is 0.257. The molecule has 1 aromatic heterocycles. The number of piperidine rings is 1. The molecule has 2 rings (SSSR count). The average Bonchev–Trinajstić information content (AvgIpc) is 2.90. The van der Waals surface area contributed by atoms with Crippen LogP contribution in [0.5, 0.6) is 0 Å². The summed E-state index contributed by atoms with van der Waals surface area (Å²) in [6.45, 7) is 4.93. The number of nitrogens with zero attached hydrogens (tertiary/aromatic N) is 2. The zero-order valence-electron chi connectivity index (χ0n) is 10.9. The highest BCUT2D eigenvalue weighted by molar-refractivity contribution is 5.76. The van der Waals surface area contributed by atoms with E-state index in [4.69, 9.17) is 0 Å². The molecular formula is C13H22N4O. The Hall–Kier alpha value is -1.36. The maximum absolute atomic E-state index is 11.8. The Kier molecular flexibility index (Phi) is 4.75. The van der Waals surface area contributed by atoms with Crippen LogP contribution in [0.2, 0.25) is 0 Å². The van der Waals surface area contributed by atoms with Crippen molar-refractivity contribution < 1.29 is 4.79 Å². The van der Waals surface area contributed by atoms with E-state index in [1.807, 2.05) is 10.8 Å². The van der Waals surface area contributed by atoms with Crippen molar-refractivity contribution in [2.24, 2.45) is 5.92 Å². The second-order valence-electron chi connectivity index (χ2n) is 5.01. The highest BCUT2D eigenvalue weighted by Gasteiger charge is 2.20. The van der Waals surface area contributed by atoms with Crippen molar-refractivity contribution in [3.8, 4) is 0 Å². The first-order chi connectivity index (χ1) is 8.75. The van der Waals surface area contributed by atoms with E-state index in [1.165, 1.54) is 12.8 Å². The molecule has 0 spiro atoms. The predicted octanol–water partition coefficient (Wildman–Crippen LogP) is 0.777. The van der Waals surface area contributed by atoms with Crippen LogP contribution >= 0.6 is 0 Å². The lowest BCUT2D eigenvalue weighted by Crippen LogP contribution is -2.44. The van der Waals surface area contributed by atoms with E-state index < -0.39 is 0 Å². The molecule has 5 heteroatoms. The molecule has 2 unspecified atom stereocenters. The van der Waals surface area contributed by atoms with Gasteiger partial charge in [0.25, 0.3) is 0 Å². The number of carbonyl (C=O) groups excluding carboxylic acids is 1. The first kappa shape index (κ1) is 13.1. The van der Waals surface area contributed by atoms with Gasteiger partial charge in [0.15, 0.2) is 0 Å². The van der Waals surface area contributed by atoms with E-state index >= 15 is 0 Å². The van der Waals surface area contributed by atoms with Crippen molar-refractivity contribution >= 4 is 5.91 Å². The van der Waals surface area contributed by atoms with Crippen LogP contribution in [0.3, 0.4) is 0 Å². The minimum Gasteiger partial charge on any atom is -0.353 e. The number of hydrogen-bond acceptors (Lipinski definition) is 3. The van der Waals surface area contributed by atoms with E-state index in [-0.39, 0.29) is 11.9 Å². The molecule has 2 heterocycles. The highest BCUT2D eigenvalue weighted by atomic mass is 16.1. The van der Waals surface area contributed by atoms with Gasteiger partial charge in [0.1, 0.15) is 0 Å². The smallest absolute Gasteiger partial charge is 0.222 e. The van der Waals surface area contributed by atoms with Gasteiger partial charge in [-0.15, -0.1) is 0 Å². The quantitative estimate of drug-likeness (QED) is 0.812. The van der Waals surface area contributed by atoms with Gasteiger partial charge in [-0.05, 0) is 38.8 Å². The Balaban J connectivity index is 1.69. The molecule has 1 saturated heterocycles.